The first-order valence-electron chi connectivity index (χ1n) is 8.04. The Labute approximate surface area is 160 Å². The fourth-order valence-corrected chi connectivity index (χ4v) is 3.54. The summed E-state index contributed by atoms with van der Waals surface area (Å²) in [7, 11) is 0. The third kappa shape index (κ3) is 4.60. The minimum absolute atomic E-state index is 0.0756. The number of hydrogen-bond acceptors (Lipinski definition) is 7. The van der Waals surface area contributed by atoms with Crippen molar-refractivity contribution in [3.05, 3.63) is 56.3 Å². The molecule has 0 radical (unpaired) electrons. The van der Waals surface area contributed by atoms with Crippen molar-refractivity contribution in [3.63, 3.8) is 0 Å². The standard InChI is InChI=1S/C20H16N2O4S/c1-3-26-20(25)19-12(2)16(11-22)18(27-19)9-17(24)14(10-21)8-13-4-6-15(23)7-5-13/h4-8,23H,3,9H2,1-2H3. The van der Waals surface area contributed by atoms with Crippen molar-refractivity contribution in [3.8, 4) is 17.9 Å². The molecule has 0 aliphatic rings. The SMILES string of the molecule is CCOC(=O)c1sc(CC(=O)C(C#N)=Cc2ccc(O)cc2)c(C#N)c1C. The van der Waals surface area contributed by atoms with Crippen LogP contribution in [-0.4, -0.2) is 23.5 Å². The smallest absolute Gasteiger partial charge is 0.348 e. The third-order valence-corrected chi connectivity index (χ3v) is 5.01. The zero-order chi connectivity index (χ0) is 20.0. The lowest BCUT2D eigenvalue weighted by Crippen LogP contribution is -2.05. The maximum absolute atomic E-state index is 12.5. The predicted octanol–water partition coefficient (Wildman–Crippen LogP) is 3.53. The Morgan fingerprint density at radius 2 is 1.93 bits per heavy atom. The Kier molecular flexibility index (Phi) is 6.48. The molecule has 0 spiro atoms. The Balaban J connectivity index is 2.32. The summed E-state index contributed by atoms with van der Waals surface area (Å²) in [5, 5.41) is 28.0. The van der Waals surface area contributed by atoms with E-state index in [4.69, 9.17) is 4.74 Å². The molecule has 1 N–H and O–H groups in total. The first-order valence-corrected chi connectivity index (χ1v) is 8.86. The molecule has 0 unspecified atom stereocenters. The van der Waals surface area contributed by atoms with Crippen LogP contribution in [0.4, 0.5) is 0 Å². The summed E-state index contributed by atoms with van der Waals surface area (Å²) in [4.78, 5) is 25.3. The molecule has 2 rings (SSSR count). The summed E-state index contributed by atoms with van der Waals surface area (Å²) >= 11 is 1.04. The maximum Gasteiger partial charge on any atom is 0.348 e. The monoisotopic (exact) mass is 380 g/mol. The fraction of sp³-hybridized carbons (Fsp3) is 0.200. The Morgan fingerprint density at radius 3 is 2.48 bits per heavy atom. The predicted molar refractivity (Wildman–Crippen MR) is 100 cm³/mol. The number of phenolic OH excluding ortho intramolecular Hbond substituents is 1. The number of benzene rings is 1. The molecule has 0 saturated heterocycles. The van der Waals surface area contributed by atoms with Gasteiger partial charge in [0.05, 0.1) is 17.7 Å². The molecule has 1 aromatic carbocycles. The molecule has 2 aromatic rings. The molecule has 7 heteroatoms. The highest BCUT2D eigenvalue weighted by Crippen LogP contribution is 2.29. The summed E-state index contributed by atoms with van der Waals surface area (Å²) < 4.78 is 4.98. The van der Waals surface area contributed by atoms with Crippen LogP contribution in [0.1, 0.15) is 38.2 Å². The van der Waals surface area contributed by atoms with Gasteiger partial charge in [-0.1, -0.05) is 12.1 Å². The number of Topliss-reactive ketones (excluding diaryl/α,β-unsaturated/α-hetero) is 1. The number of aromatic hydroxyl groups is 1. The second-order valence-electron chi connectivity index (χ2n) is 5.55. The van der Waals surface area contributed by atoms with E-state index in [2.05, 4.69) is 0 Å². The minimum Gasteiger partial charge on any atom is -0.508 e. The van der Waals surface area contributed by atoms with E-state index < -0.39 is 11.8 Å². The highest BCUT2D eigenvalue weighted by atomic mass is 32.1. The molecule has 0 aliphatic heterocycles. The van der Waals surface area contributed by atoms with Gasteiger partial charge in [-0.3, -0.25) is 4.79 Å². The van der Waals surface area contributed by atoms with Crippen molar-refractivity contribution in [2.75, 3.05) is 6.61 Å². The summed E-state index contributed by atoms with van der Waals surface area (Å²) in [6, 6.07) is 9.95. The van der Waals surface area contributed by atoms with Gasteiger partial charge in [-0.2, -0.15) is 10.5 Å². The molecule has 136 valence electrons. The van der Waals surface area contributed by atoms with Crippen molar-refractivity contribution < 1.29 is 19.4 Å². The number of carbonyl (C=O) groups excluding carboxylic acids is 2. The highest BCUT2D eigenvalue weighted by Gasteiger charge is 2.23. The molecule has 0 amide bonds. The van der Waals surface area contributed by atoms with Gasteiger partial charge in [-0.05, 0) is 43.2 Å². The van der Waals surface area contributed by atoms with Gasteiger partial charge in [0.2, 0.25) is 0 Å². The molecule has 0 fully saturated rings. The summed E-state index contributed by atoms with van der Waals surface area (Å²) in [5.74, 6) is -0.912. The largest absolute Gasteiger partial charge is 0.508 e. The van der Waals surface area contributed by atoms with Crippen molar-refractivity contribution in [1.82, 2.24) is 0 Å². The zero-order valence-electron chi connectivity index (χ0n) is 14.8. The molecular formula is C20H16N2O4S. The van der Waals surface area contributed by atoms with Crippen molar-refractivity contribution in [1.29, 1.82) is 10.5 Å². The molecule has 6 nitrogen and oxygen atoms in total. The van der Waals surface area contributed by atoms with Crippen LogP contribution in [0.15, 0.2) is 29.8 Å². The quantitative estimate of drug-likeness (QED) is 0.466. The first kappa shape index (κ1) is 19.9. The van der Waals surface area contributed by atoms with Crippen LogP contribution in [0, 0.1) is 29.6 Å². The van der Waals surface area contributed by atoms with E-state index in [0.717, 1.165) is 11.3 Å². The van der Waals surface area contributed by atoms with Crippen LogP contribution in [-0.2, 0) is 16.0 Å². The van der Waals surface area contributed by atoms with Crippen LogP contribution < -0.4 is 0 Å². The molecule has 0 saturated carbocycles. The van der Waals surface area contributed by atoms with Gasteiger partial charge in [0.15, 0.2) is 5.78 Å². The third-order valence-electron chi connectivity index (χ3n) is 3.74. The molecular weight excluding hydrogens is 364 g/mol. The maximum atomic E-state index is 12.5. The van der Waals surface area contributed by atoms with Crippen LogP contribution >= 0.6 is 11.3 Å². The van der Waals surface area contributed by atoms with Gasteiger partial charge in [-0.15, -0.1) is 11.3 Å². The minimum atomic E-state index is -0.532. The Bertz CT molecular complexity index is 989. The number of hydrogen-bond donors (Lipinski definition) is 1. The second-order valence-corrected chi connectivity index (χ2v) is 6.65. The van der Waals surface area contributed by atoms with Crippen molar-refractivity contribution >= 4 is 29.2 Å². The summed E-state index contributed by atoms with van der Waals surface area (Å²) in [6.45, 7) is 3.52. The van der Waals surface area contributed by atoms with Gasteiger partial charge in [0.1, 0.15) is 22.8 Å². The van der Waals surface area contributed by atoms with E-state index >= 15 is 0 Å². The van der Waals surface area contributed by atoms with Gasteiger partial charge >= 0.3 is 5.97 Å². The van der Waals surface area contributed by atoms with E-state index in [1.54, 1.807) is 26.0 Å². The van der Waals surface area contributed by atoms with Crippen LogP contribution in [0.25, 0.3) is 6.08 Å². The fourth-order valence-electron chi connectivity index (χ4n) is 2.39. The zero-order valence-corrected chi connectivity index (χ0v) is 15.6. The number of nitrogens with zero attached hydrogens (tertiary/aromatic N) is 2. The summed E-state index contributed by atoms with van der Waals surface area (Å²) in [5.41, 5.74) is 1.25. The molecule has 0 bridgehead atoms. The lowest BCUT2D eigenvalue weighted by molar-refractivity contribution is -0.114. The number of phenols is 1. The average Bonchev–Trinajstić information content (AvgIpc) is 2.96. The summed E-state index contributed by atoms with van der Waals surface area (Å²) in [6.07, 6.45) is 1.26. The van der Waals surface area contributed by atoms with Gasteiger partial charge in [0, 0.05) is 11.3 Å². The van der Waals surface area contributed by atoms with Crippen LogP contribution in [0.2, 0.25) is 0 Å². The molecule has 27 heavy (non-hydrogen) atoms. The van der Waals surface area contributed by atoms with E-state index in [0.29, 0.717) is 16.0 Å². The van der Waals surface area contributed by atoms with E-state index in [1.807, 2.05) is 12.1 Å². The molecule has 0 atom stereocenters. The number of rotatable bonds is 6. The lowest BCUT2D eigenvalue weighted by Gasteiger charge is -2.00. The van der Waals surface area contributed by atoms with E-state index in [-0.39, 0.29) is 34.8 Å². The number of esters is 1. The molecule has 0 aliphatic carbocycles. The number of allylic oxidation sites excluding steroid dienone is 1. The second kappa shape index (κ2) is 8.79. The lowest BCUT2D eigenvalue weighted by atomic mass is 10.0. The first-order chi connectivity index (χ1) is 12.9. The number of ketones is 1. The number of carbonyl (C=O) groups is 2. The average molecular weight is 380 g/mol. The molecule has 1 heterocycles. The van der Waals surface area contributed by atoms with Gasteiger partial charge in [0.25, 0.3) is 0 Å². The topological polar surface area (TPSA) is 111 Å². The number of nitriles is 2. The Hall–Kier alpha value is -3.42. The highest BCUT2D eigenvalue weighted by molar-refractivity contribution is 7.14. The van der Waals surface area contributed by atoms with Crippen molar-refractivity contribution in [2.45, 2.75) is 20.3 Å². The Morgan fingerprint density at radius 1 is 1.26 bits per heavy atom. The van der Waals surface area contributed by atoms with Crippen molar-refractivity contribution in [2.24, 2.45) is 0 Å². The normalized spacial score (nSPS) is 10.7. The van der Waals surface area contributed by atoms with Crippen LogP contribution in [0.5, 0.6) is 5.75 Å². The van der Waals surface area contributed by atoms with E-state index in [9.17, 15) is 25.2 Å². The number of thiophene rings is 1. The van der Waals surface area contributed by atoms with Gasteiger partial charge in [-0.25, -0.2) is 4.79 Å². The number of ether oxygens (including phenoxy) is 1. The van der Waals surface area contributed by atoms with Crippen LogP contribution in [0.3, 0.4) is 0 Å². The van der Waals surface area contributed by atoms with E-state index in [1.165, 1.54) is 18.2 Å². The van der Waals surface area contributed by atoms with Gasteiger partial charge < -0.3 is 9.84 Å². The molecule has 1 aromatic heterocycles.